The number of amides is 2. The summed E-state index contributed by atoms with van der Waals surface area (Å²) < 4.78 is 0. The Kier molecular flexibility index (Phi) is 4.49. The van der Waals surface area contributed by atoms with Crippen molar-refractivity contribution in [3.8, 4) is 0 Å². The topological polar surface area (TPSA) is 110 Å². The van der Waals surface area contributed by atoms with Gasteiger partial charge in [0.25, 0.3) is 11.6 Å². The molecule has 1 unspecified atom stereocenters. The van der Waals surface area contributed by atoms with Crippen LogP contribution in [0.2, 0.25) is 0 Å². The van der Waals surface area contributed by atoms with Crippen LogP contribution in [0.1, 0.15) is 23.7 Å². The lowest BCUT2D eigenvalue weighted by Gasteiger charge is -2.16. The third-order valence-corrected chi connectivity index (χ3v) is 4.06. The van der Waals surface area contributed by atoms with Gasteiger partial charge in [0.15, 0.2) is 5.78 Å². The normalized spacial score (nSPS) is 16.7. The SMILES string of the molecule is CC(=O)c1cccc(N2C(=O)CC(Nc3cccc([N+](=O)[O-])c3)C2=O)c1. The van der Waals surface area contributed by atoms with Crippen LogP contribution in [-0.2, 0) is 9.59 Å². The molecule has 1 heterocycles. The minimum Gasteiger partial charge on any atom is -0.373 e. The zero-order valence-corrected chi connectivity index (χ0v) is 13.8. The van der Waals surface area contributed by atoms with E-state index in [9.17, 15) is 24.5 Å². The molecule has 8 nitrogen and oxygen atoms in total. The lowest BCUT2D eigenvalue weighted by Crippen LogP contribution is -2.34. The van der Waals surface area contributed by atoms with Gasteiger partial charge in [-0.3, -0.25) is 24.5 Å². The van der Waals surface area contributed by atoms with Crippen LogP contribution in [-0.4, -0.2) is 28.6 Å². The summed E-state index contributed by atoms with van der Waals surface area (Å²) in [6, 6.07) is 11.2. The fourth-order valence-electron chi connectivity index (χ4n) is 2.79. The molecule has 1 atom stereocenters. The molecule has 2 amide bonds. The fourth-order valence-corrected chi connectivity index (χ4v) is 2.79. The Balaban J connectivity index is 1.83. The number of imide groups is 1. The highest BCUT2D eigenvalue weighted by Crippen LogP contribution is 2.27. The minimum atomic E-state index is -0.828. The van der Waals surface area contributed by atoms with Gasteiger partial charge in [0.1, 0.15) is 6.04 Å². The Labute approximate surface area is 148 Å². The number of Topliss-reactive ketones (excluding diaryl/α,β-unsaturated/α-hetero) is 1. The number of hydrogen-bond acceptors (Lipinski definition) is 6. The molecule has 2 aromatic rings. The highest BCUT2D eigenvalue weighted by Gasteiger charge is 2.39. The summed E-state index contributed by atoms with van der Waals surface area (Å²) in [6.07, 6.45) is -0.0776. The zero-order valence-electron chi connectivity index (χ0n) is 13.8. The Morgan fingerprint density at radius 2 is 1.92 bits per heavy atom. The van der Waals surface area contributed by atoms with Gasteiger partial charge >= 0.3 is 0 Å². The predicted molar refractivity (Wildman–Crippen MR) is 94.1 cm³/mol. The molecule has 132 valence electrons. The molecule has 0 radical (unpaired) electrons. The summed E-state index contributed by atoms with van der Waals surface area (Å²) in [5, 5.41) is 13.7. The number of carbonyl (C=O) groups is 3. The van der Waals surface area contributed by atoms with Crippen LogP contribution in [0.4, 0.5) is 17.1 Å². The molecule has 0 aromatic heterocycles. The molecule has 1 aliphatic rings. The van der Waals surface area contributed by atoms with Gasteiger partial charge in [-0.1, -0.05) is 18.2 Å². The van der Waals surface area contributed by atoms with Gasteiger partial charge in [0.05, 0.1) is 17.0 Å². The van der Waals surface area contributed by atoms with Crippen LogP contribution < -0.4 is 10.2 Å². The van der Waals surface area contributed by atoms with E-state index in [-0.39, 0.29) is 17.9 Å². The monoisotopic (exact) mass is 353 g/mol. The summed E-state index contributed by atoms with van der Waals surface area (Å²) in [4.78, 5) is 47.8. The lowest BCUT2D eigenvalue weighted by molar-refractivity contribution is -0.384. The average Bonchev–Trinajstić information content (AvgIpc) is 2.88. The standard InChI is InChI=1S/C18H15N3O5/c1-11(22)12-4-2-6-14(8-12)20-17(23)10-16(18(20)24)19-13-5-3-7-15(9-13)21(25)26/h2-9,16,19H,10H2,1H3. The first kappa shape index (κ1) is 17.3. The second-order valence-electron chi connectivity index (χ2n) is 5.88. The molecular formula is C18H15N3O5. The van der Waals surface area contributed by atoms with E-state index in [0.717, 1.165) is 4.90 Å². The maximum Gasteiger partial charge on any atom is 0.271 e. The van der Waals surface area contributed by atoms with E-state index >= 15 is 0 Å². The molecule has 0 spiro atoms. The summed E-state index contributed by atoms with van der Waals surface area (Å²) >= 11 is 0. The van der Waals surface area contributed by atoms with Crippen LogP contribution in [0.3, 0.4) is 0 Å². The zero-order chi connectivity index (χ0) is 18.8. The first-order chi connectivity index (χ1) is 12.4. The molecule has 8 heteroatoms. The summed E-state index contributed by atoms with van der Waals surface area (Å²) in [5.74, 6) is -1.04. The van der Waals surface area contributed by atoms with Crippen LogP contribution in [0.15, 0.2) is 48.5 Å². The van der Waals surface area contributed by atoms with Crippen molar-refractivity contribution in [2.45, 2.75) is 19.4 Å². The van der Waals surface area contributed by atoms with Crippen molar-refractivity contribution in [2.24, 2.45) is 0 Å². The molecule has 1 N–H and O–H groups in total. The number of anilines is 2. The highest BCUT2D eigenvalue weighted by molar-refractivity contribution is 6.23. The van der Waals surface area contributed by atoms with Crippen LogP contribution in [0, 0.1) is 10.1 Å². The Morgan fingerprint density at radius 3 is 2.62 bits per heavy atom. The number of nitrogens with zero attached hydrogens (tertiary/aromatic N) is 2. The smallest absolute Gasteiger partial charge is 0.271 e. The average molecular weight is 353 g/mol. The van der Waals surface area contributed by atoms with Gasteiger partial charge in [-0.15, -0.1) is 0 Å². The highest BCUT2D eigenvalue weighted by atomic mass is 16.6. The number of nitro groups is 1. The first-order valence-electron chi connectivity index (χ1n) is 7.85. The number of non-ortho nitro benzene ring substituents is 1. The van der Waals surface area contributed by atoms with Crippen molar-refractivity contribution in [3.63, 3.8) is 0 Å². The van der Waals surface area contributed by atoms with Crippen LogP contribution in [0.25, 0.3) is 0 Å². The van der Waals surface area contributed by atoms with E-state index in [1.807, 2.05) is 0 Å². The number of rotatable bonds is 5. The van der Waals surface area contributed by atoms with Gasteiger partial charge in [0.2, 0.25) is 5.91 Å². The maximum absolute atomic E-state index is 12.6. The van der Waals surface area contributed by atoms with Crippen LogP contribution in [0.5, 0.6) is 0 Å². The van der Waals surface area contributed by atoms with E-state index in [1.54, 1.807) is 24.3 Å². The van der Waals surface area contributed by atoms with Crippen molar-refractivity contribution in [1.29, 1.82) is 0 Å². The molecular weight excluding hydrogens is 338 g/mol. The quantitative estimate of drug-likeness (QED) is 0.383. The largest absolute Gasteiger partial charge is 0.373 e. The lowest BCUT2D eigenvalue weighted by atomic mass is 10.1. The van der Waals surface area contributed by atoms with Crippen molar-refractivity contribution in [2.75, 3.05) is 10.2 Å². The minimum absolute atomic E-state index is 0.0776. The van der Waals surface area contributed by atoms with Gasteiger partial charge < -0.3 is 5.32 Å². The van der Waals surface area contributed by atoms with Gasteiger partial charge in [-0.25, -0.2) is 4.90 Å². The first-order valence-corrected chi connectivity index (χ1v) is 7.85. The van der Waals surface area contributed by atoms with Crippen LogP contribution >= 0.6 is 0 Å². The number of nitrogens with one attached hydrogen (secondary N) is 1. The molecule has 26 heavy (non-hydrogen) atoms. The third-order valence-electron chi connectivity index (χ3n) is 4.06. The Bertz CT molecular complexity index is 925. The van der Waals surface area contributed by atoms with Crippen molar-refractivity contribution >= 4 is 34.7 Å². The molecule has 1 fully saturated rings. The third kappa shape index (κ3) is 3.30. The molecule has 0 bridgehead atoms. The van der Waals surface area contributed by atoms with E-state index in [1.165, 1.54) is 31.2 Å². The molecule has 1 aliphatic heterocycles. The van der Waals surface area contributed by atoms with E-state index in [2.05, 4.69) is 5.32 Å². The van der Waals surface area contributed by atoms with Crippen molar-refractivity contribution < 1.29 is 19.3 Å². The van der Waals surface area contributed by atoms with Gasteiger partial charge in [-0.05, 0) is 25.1 Å². The number of ketones is 1. The van der Waals surface area contributed by atoms with E-state index in [4.69, 9.17) is 0 Å². The molecule has 2 aromatic carbocycles. The fraction of sp³-hybridized carbons (Fsp3) is 0.167. The summed E-state index contributed by atoms with van der Waals surface area (Å²) in [7, 11) is 0. The molecule has 3 rings (SSSR count). The number of nitro benzene ring substituents is 1. The van der Waals surface area contributed by atoms with Crippen molar-refractivity contribution in [3.05, 3.63) is 64.2 Å². The Morgan fingerprint density at radius 1 is 1.19 bits per heavy atom. The number of carbonyl (C=O) groups excluding carboxylic acids is 3. The summed E-state index contributed by atoms with van der Waals surface area (Å²) in [6.45, 7) is 1.40. The van der Waals surface area contributed by atoms with E-state index < -0.39 is 22.8 Å². The maximum atomic E-state index is 12.6. The van der Waals surface area contributed by atoms with Gasteiger partial charge in [0, 0.05) is 23.4 Å². The molecule has 0 saturated carbocycles. The van der Waals surface area contributed by atoms with E-state index in [0.29, 0.717) is 16.9 Å². The van der Waals surface area contributed by atoms with Gasteiger partial charge in [-0.2, -0.15) is 0 Å². The molecule has 1 saturated heterocycles. The number of benzene rings is 2. The summed E-state index contributed by atoms with van der Waals surface area (Å²) in [5.41, 5.74) is 0.997. The number of hydrogen-bond donors (Lipinski definition) is 1. The Hall–Kier alpha value is -3.55. The second-order valence-corrected chi connectivity index (χ2v) is 5.88. The van der Waals surface area contributed by atoms with Crippen molar-refractivity contribution in [1.82, 2.24) is 0 Å². The molecule has 0 aliphatic carbocycles. The predicted octanol–water partition coefficient (Wildman–Crippen LogP) is 2.54. The second kappa shape index (κ2) is 6.75.